The zero-order valence-corrected chi connectivity index (χ0v) is 16.2. The summed E-state index contributed by atoms with van der Waals surface area (Å²) in [6, 6.07) is 6.12. The molecule has 0 saturated carbocycles. The molecule has 0 aliphatic carbocycles. The summed E-state index contributed by atoms with van der Waals surface area (Å²) < 4.78 is 15.4. The highest BCUT2D eigenvalue weighted by atomic mass is 32.2. The normalized spacial score (nSPS) is 11.1. The number of hydrogen-bond acceptors (Lipinski definition) is 6. The van der Waals surface area contributed by atoms with Crippen molar-refractivity contribution in [3.05, 3.63) is 41.8 Å². The largest absolute Gasteiger partial charge is 0.367 e. The van der Waals surface area contributed by atoms with Crippen molar-refractivity contribution in [2.75, 3.05) is 18.1 Å². The molecule has 3 aromatic rings. The molecule has 0 saturated heterocycles. The van der Waals surface area contributed by atoms with Crippen LogP contribution in [0.2, 0.25) is 0 Å². The van der Waals surface area contributed by atoms with E-state index in [1.807, 2.05) is 20.1 Å². The second kappa shape index (κ2) is 8.34. The molecule has 0 aliphatic heterocycles. The molecule has 0 aliphatic rings. The standard InChI is InChI=1S/C18H21FN6OS/c1-11(2)22-15-13-10-21-25(16(13)24-18(23-15)27-3)9-8-20-17(26)12-6-4-5-7-14(12)19/h4-7,10-11H,8-9H2,1-3H3,(H,20,26)(H,22,23,24). The van der Waals surface area contributed by atoms with Crippen LogP contribution in [-0.2, 0) is 6.54 Å². The van der Waals surface area contributed by atoms with Crippen LogP contribution < -0.4 is 10.6 Å². The Bertz CT molecular complexity index is 958. The van der Waals surface area contributed by atoms with Crippen LogP contribution in [0, 0.1) is 5.82 Å². The monoisotopic (exact) mass is 388 g/mol. The fourth-order valence-electron chi connectivity index (χ4n) is 2.59. The lowest BCUT2D eigenvalue weighted by atomic mass is 10.2. The number of hydrogen-bond donors (Lipinski definition) is 2. The summed E-state index contributed by atoms with van der Waals surface area (Å²) >= 11 is 1.45. The van der Waals surface area contributed by atoms with Crippen LogP contribution in [0.15, 0.2) is 35.6 Å². The molecule has 0 fully saturated rings. The van der Waals surface area contributed by atoms with Crippen LogP contribution in [0.5, 0.6) is 0 Å². The number of rotatable bonds is 7. The highest BCUT2D eigenvalue weighted by Crippen LogP contribution is 2.23. The fourth-order valence-corrected chi connectivity index (χ4v) is 2.95. The number of nitrogens with zero attached hydrogens (tertiary/aromatic N) is 4. The van der Waals surface area contributed by atoms with Crippen LogP contribution >= 0.6 is 11.8 Å². The topological polar surface area (TPSA) is 84.7 Å². The average Bonchev–Trinajstić information content (AvgIpc) is 3.04. The number of benzene rings is 1. The Morgan fingerprint density at radius 2 is 2.07 bits per heavy atom. The van der Waals surface area contributed by atoms with Gasteiger partial charge in [-0.2, -0.15) is 5.10 Å². The second-order valence-corrected chi connectivity index (χ2v) is 6.97. The average molecular weight is 388 g/mol. The van der Waals surface area contributed by atoms with Crippen molar-refractivity contribution in [3.63, 3.8) is 0 Å². The van der Waals surface area contributed by atoms with Crippen LogP contribution in [0.25, 0.3) is 11.0 Å². The van der Waals surface area contributed by atoms with E-state index < -0.39 is 11.7 Å². The summed E-state index contributed by atoms with van der Waals surface area (Å²) in [5.41, 5.74) is 0.718. The maximum absolute atomic E-state index is 13.7. The van der Waals surface area contributed by atoms with Crippen LogP contribution in [0.3, 0.4) is 0 Å². The first-order valence-corrected chi connectivity index (χ1v) is 9.79. The molecule has 1 amide bonds. The third-order valence-electron chi connectivity index (χ3n) is 3.81. The number of carbonyl (C=O) groups excluding carboxylic acids is 1. The van der Waals surface area contributed by atoms with E-state index in [0.717, 1.165) is 11.2 Å². The fraction of sp³-hybridized carbons (Fsp3) is 0.333. The minimum absolute atomic E-state index is 0.0261. The maximum atomic E-state index is 13.7. The van der Waals surface area contributed by atoms with E-state index in [0.29, 0.717) is 23.9 Å². The first-order chi connectivity index (χ1) is 13.0. The van der Waals surface area contributed by atoms with Gasteiger partial charge in [-0.1, -0.05) is 23.9 Å². The summed E-state index contributed by atoms with van der Waals surface area (Å²) in [6.07, 6.45) is 3.62. The van der Waals surface area contributed by atoms with Gasteiger partial charge in [0.05, 0.1) is 23.7 Å². The number of thioether (sulfide) groups is 1. The molecule has 0 spiro atoms. The zero-order valence-electron chi connectivity index (χ0n) is 15.4. The van der Waals surface area contributed by atoms with E-state index >= 15 is 0 Å². The Morgan fingerprint density at radius 3 is 2.78 bits per heavy atom. The van der Waals surface area contributed by atoms with E-state index in [1.165, 1.54) is 23.9 Å². The molecule has 1 aromatic carbocycles. The molecular formula is C18H21FN6OS. The molecule has 2 aromatic heterocycles. The Labute approximate surface area is 160 Å². The summed E-state index contributed by atoms with van der Waals surface area (Å²) in [5.74, 6) is -0.256. The lowest BCUT2D eigenvalue weighted by molar-refractivity contribution is 0.0948. The van der Waals surface area contributed by atoms with Crippen LogP contribution in [-0.4, -0.2) is 44.5 Å². The molecule has 2 heterocycles. The maximum Gasteiger partial charge on any atom is 0.254 e. The number of aromatic nitrogens is 4. The van der Waals surface area contributed by atoms with E-state index in [9.17, 15) is 9.18 Å². The SMILES string of the molecule is CSc1nc(NC(C)C)c2cnn(CCNC(=O)c3ccccc3F)c2n1. The Kier molecular flexibility index (Phi) is 5.90. The first-order valence-electron chi connectivity index (χ1n) is 8.56. The van der Waals surface area contributed by atoms with Gasteiger partial charge in [-0.25, -0.2) is 19.0 Å². The van der Waals surface area contributed by atoms with Gasteiger partial charge in [0.1, 0.15) is 11.6 Å². The highest BCUT2D eigenvalue weighted by molar-refractivity contribution is 7.98. The molecule has 0 unspecified atom stereocenters. The third-order valence-corrected chi connectivity index (χ3v) is 4.36. The molecule has 0 atom stereocenters. The van der Waals surface area contributed by atoms with Crippen LogP contribution in [0.4, 0.5) is 10.2 Å². The van der Waals surface area contributed by atoms with E-state index in [2.05, 4.69) is 25.7 Å². The summed E-state index contributed by atoms with van der Waals surface area (Å²) in [7, 11) is 0. The van der Waals surface area contributed by atoms with E-state index in [-0.39, 0.29) is 11.6 Å². The van der Waals surface area contributed by atoms with Gasteiger partial charge < -0.3 is 10.6 Å². The minimum atomic E-state index is -0.540. The first kappa shape index (κ1) is 19.1. The van der Waals surface area contributed by atoms with Crippen molar-refractivity contribution in [3.8, 4) is 0 Å². The summed E-state index contributed by atoms with van der Waals surface area (Å²) in [4.78, 5) is 21.2. The minimum Gasteiger partial charge on any atom is -0.367 e. The predicted molar refractivity (Wildman–Crippen MR) is 105 cm³/mol. The van der Waals surface area contributed by atoms with E-state index in [4.69, 9.17) is 0 Å². The molecule has 3 rings (SSSR count). The van der Waals surface area contributed by atoms with Gasteiger partial charge in [-0.05, 0) is 32.2 Å². The number of halogens is 1. The summed E-state index contributed by atoms with van der Waals surface area (Å²) in [6.45, 7) is 4.79. The lowest BCUT2D eigenvalue weighted by Crippen LogP contribution is -2.28. The van der Waals surface area contributed by atoms with Gasteiger partial charge in [0.2, 0.25) is 0 Å². The smallest absolute Gasteiger partial charge is 0.254 e. The van der Waals surface area contributed by atoms with Gasteiger partial charge >= 0.3 is 0 Å². The van der Waals surface area contributed by atoms with Crippen molar-refractivity contribution in [1.29, 1.82) is 0 Å². The number of nitrogens with one attached hydrogen (secondary N) is 2. The Hall–Kier alpha value is -2.68. The van der Waals surface area contributed by atoms with E-state index in [1.54, 1.807) is 23.0 Å². The molecule has 9 heteroatoms. The third kappa shape index (κ3) is 4.36. The van der Waals surface area contributed by atoms with Crippen molar-refractivity contribution >= 4 is 34.5 Å². The Balaban J connectivity index is 1.75. The van der Waals surface area contributed by atoms with Gasteiger partial charge in [-0.3, -0.25) is 4.79 Å². The Morgan fingerprint density at radius 1 is 1.30 bits per heavy atom. The number of amides is 1. The molecule has 27 heavy (non-hydrogen) atoms. The molecule has 2 N–H and O–H groups in total. The van der Waals surface area contributed by atoms with Gasteiger partial charge in [0.25, 0.3) is 5.91 Å². The van der Waals surface area contributed by atoms with Crippen molar-refractivity contribution in [1.82, 2.24) is 25.1 Å². The molecule has 0 bridgehead atoms. The van der Waals surface area contributed by atoms with Crippen molar-refractivity contribution in [2.24, 2.45) is 0 Å². The summed E-state index contributed by atoms with van der Waals surface area (Å²) in [5, 5.41) is 11.9. The predicted octanol–water partition coefficient (Wildman–Crippen LogP) is 2.94. The molecule has 7 nitrogen and oxygen atoms in total. The van der Waals surface area contributed by atoms with Gasteiger partial charge in [-0.15, -0.1) is 0 Å². The lowest BCUT2D eigenvalue weighted by Gasteiger charge is -2.11. The van der Waals surface area contributed by atoms with Crippen molar-refractivity contribution in [2.45, 2.75) is 31.6 Å². The molecule has 142 valence electrons. The van der Waals surface area contributed by atoms with Gasteiger partial charge in [0, 0.05) is 12.6 Å². The highest BCUT2D eigenvalue weighted by Gasteiger charge is 2.14. The zero-order chi connectivity index (χ0) is 19.4. The number of fused-ring (bicyclic) bond motifs is 1. The van der Waals surface area contributed by atoms with Gasteiger partial charge in [0.15, 0.2) is 10.8 Å². The molecule has 0 radical (unpaired) electrons. The molecular weight excluding hydrogens is 367 g/mol. The number of anilines is 1. The van der Waals surface area contributed by atoms with Crippen molar-refractivity contribution < 1.29 is 9.18 Å². The second-order valence-electron chi connectivity index (χ2n) is 6.20. The number of carbonyl (C=O) groups is 1. The van der Waals surface area contributed by atoms with Crippen LogP contribution in [0.1, 0.15) is 24.2 Å². The quantitative estimate of drug-likeness (QED) is 0.478.